The zero-order chi connectivity index (χ0) is 15.3. The van der Waals surface area contributed by atoms with Gasteiger partial charge in [-0.05, 0) is 15.9 Å². The molecule has 1 heterocycles. The molecule has 0 amide bonds. The lowest BCUT2D eigenvalue weighted by Crippen LogP contribution is -2.35. The summed E-state index contributed by atoms with van der Waals surface area (Å²) in [5.74, 6) is -4.19. The van der Waals surface area contributed by atoms with Crippen LogP contribution in [0.2, 0.25) is 0 Å². The predicted octanol–water partition coefficient (Wildman–Crippen LogP) is 1.96. The monoisotopic (exact) mass is 361 g/mol. The molecule has 0 aliphatic rings. The average molecular weight is 362 g/mol. The summed E-state index contributed by atoms with van der Waals surface area (Å²) in [7, 11) is 1.45. The van der Waals surface area contributed by atoms with Gasteiger partial charge >= 0.3 is 12.3 Å². The summed E-state index contributed by atoms with van der Waals surface area (Å²) in [5, 5.41) is 5.80. The summed E-state index contributed by atoms with van der Waals surface area (Å²) in [6, 6.07) is 0. The number of anilines is 1. The van der Waals surface area contributed by atoms with Gasteiger partial charge in [0.2, 0.25) is 0 Å². The maximum absolute atomic E-state index is 12.8. The molecule has 0 aliphatic heterocycles. The number of methoxy groups -OCH3 is 1. The summed E-state index contributed by atoms with van der Waals surface area (Å²) in [6.45, 7) is -0.872. The fourth-order valence-corrected chi connectivity index (χ4v) is 1.66. The van der Waals surface area contributed by atoms with Gasteiger partial charge in [-0.3, -0.25) is 4.79 Å². The molecule has 1 aromatic heterocycles. The number of nitrogens with one attached hydrogen (secondary N) is 1. The zero-order valence-corrected chi connectivity index (χ0v) is 12.0. The van der Waals surface area contributed by atoms with Crippen molar-refractivity contribution in [3.63, 3.8) is 0 Å². The molecule has 10 heteroatoms. The molecule has 1 rings (SSSR count). The first-order chi connectivity index (χ1) is 9.29. The zero-order valence-electron chi connectivity index (χ0n) is 10.4. The van der Waals surface area contributed by atoms with Gasteiger partial charge < -0.3 is 10.1 Å². The summed E-state index contributed by atoms with van der Waals surface area (Å²) >= 11 is 2.92. The molecule has 0 saturated heterocycles. The molecular weight excluding hydrogens is 350 g/mol. The van der Waals surface area contributed by atoms with Crippen molar-refractivity contribution >= 4 is 21.6 Å². The lowest BCUT2D eigenvalue weighted by atomic mass is 10.3. The second kappa shape index (κ2) is 7.02. The molecule has 114 valence electrons. The number of ether oxygens (including phenoxy) is 1. The first-order valence-electron chi connectivity index (χ1n) is 5.44. The van der Waals surface area contributed by atoms with Gasteiger partial charge in [-0.1, -0.05) is 0 Å². The third-order valence-corrected chi connectivity index (χ3v) is 3.09. The fourth-order valence-electron chi connectivity index (χ4n) is 1.22. The SMILES string of the molecule is COCCn1ncc(NCC(F)(F)C(F)F)c(Br)c1=O. The van der Waals surface area contributed by atoms with Crippen LogP contribution in [0.4, 0.5) is 23.2 Å². The average Bonchev–Trinajstić information content (AvgIpc) is 2.39. The van der Waals surface area contributed by atoms with E-state index in [1.807, 2.05) is 0 Å². The number of nitrogens with zero attached hydrogens (tertiary/aromatic N) is 2. The van der Waals surface area contributed by atoms with E-state index in [4.69, 9.17) is 4.74 Å². The maximum atomic E-state index is 12.8. The van der Waals surface area contributed by atoms with E-state index in [9.17, 15) is 22.4 Å². The molecule has 0 radical (unpaired) electrons. The quantitative estimate of drug-likeness (QED) is 0.754. The second-order valence-electron chi connectivity index (χ2n) is 3.81. The van der Waals surface area contributed by atoms with Crippen molar-refractivity contribution in [3.8, 4) is 0 Å². The van der Waals surface area contributed by atoms with Crippen molar-refractivity contribution in [2.45, 2.75) is 18.9 Å². The predicted molar refractivity (Wildman–Crippen MR) is 67.5 cm³/mol. The molecule has 5 nitrogen and oxygen atoms in total. The lowest BCUT2D eigenvalue weighted by molar-refractivity contribution is -0.117. The van der Waals surface area contributed by atoms with Gasteiger partial charge in [-0.15, -0.1) is 0 Å². The number of halogens is 5. The van der Waals surface area contributed by atoms with E-state index in [-0.39, 0.29) is 23.3 Å². The molecule has 0 bridgehead atoms. The van der Waals surface area contributed by atoms with Gasteiger partial charge in [-0.25, -0.2) is 13.5 Å². The van der Waals surface area contributed by atoms with E-state index in [0.29, 0.717) is 0 Å². The van der Waals surface area contributed by atoms with Crippen LogP contribution in [0.15, 0.2) is 15.5 Å². The van der Waals surface area contributed by atoms with Crippen molar-refractivity contribution in [2.24, 2.45) is 0 Å². The normalized spacial score (nSPS) is 11.9. The van der Waals surface area contributed by atoms with Crippen LogP contribution in [-0.4, -0.2) is 42.4 Å². The Morgan fingerprint density at radius 1 is 1.55 bits per heavy atom. The largest absolute Gasteiger partial charge is 0.383 e. The van der Waals surface area contributed by atoms with E-state index in [0.717, 1.165) is 10.9 Å². The molecule has 0 spiro atoms. The summed E-state index contributed by atoms with van der Waals surface area (Å²) in [6.07, 6.45) is -2.69. The summed E-state index contributed by atoms with van der Waals surface area (Å²) in [4.78, 5) is 11.8. The topological polar surface area (TPSA) is 56.1 Å². The van der Waals surface area contributed by atoms with E-state index in [2.05, 4.69) is 26.3 Å². The summed E-state index contributed by atoms with van der Waals surface area (Å²) < 4.78 is 55.3. The Balaban J connectivity index is 2.83. The Morgan fingerprint density at radius 3 is 2.75 bits per heavy atom. The third kappa shape index (κ3) is 4.17. The third-order valence-electron chi connectivity index (χ3n) is 2.33. The number of rotatable bonds is 7. The van der Waals surface area contributed by atoms with Crippen LogP contribution in [0.3, 0.4) is 0 Å². The van der Waals surface area contributed by atoms with Crippen LogP contribution >= 0.6 is 15.9 Å². The van der Waals surface area contributed by atoms with Gasteiger partial charge in [0.1, 0.15) is 4.47 Å². The van der Waals surface area contributed by atoms with E-state index >= 15 is 0 Å². The molecule has 1 N–H and O–H groups in total. The highest BCUT2D eigenvalue weighted by Gasteiger charge is 2.40. The lowest BCUT2D eigenvalue weighted by Gasteiger charge is -2.17. The molecule has 1 aromatic rings. The first-order valence-corrected chi connectivity index (χ1v) is 6.23. The Kier molecular flexibility index (Phi) is 5.93. The standard InChI is InChI=1S/C10H12BrF4N3O2/c1-20-3-2-18-8(19)7(11)6(4-17-18)16-5-10(14,15)9(12)13/h4,9,16H,2-3,5H2,1H3. The minimum Gasteiger partial charge on any atom is -0.383 e. The van der Waals surface area contributed by atoms with E-state index < -0.39 is 24.5 Å². The molecule has 0 saturated carbocycles. The maximum Gasteiger partial charge on any atom is 0.324 e. The van der Waals surface area contributed by atoms with Crippen LogP contribution in [0.1, 0.15) is 0 Å². The second-order valence-corrected chi connectivity index (χ2v) is 4.60. The van der Waals surface area contributed by atoms with Gasteiger partial charge in [0.25, 0.3) is 5.56 Å². The van der Waals surface area contributed by atoms with Crippen molar-refractivity contribution < 1.29 is 22.3 Å². The number of hydrogen-bond donors (Lipinski definition) is 1. The Bertz CT molecular complexity index is 510. The molecule has 0 atom stereocenters. The fraction of sp³-hybridized carbons (Fsp3) is 0.600. The van der Waals surface area contributed by atoms with Crippen LogP contribution in [0, 0.1) is 0 Å². The van der Waals surface area contributed by atoms with E-state index in [1.54, 1.807) is 0 Å². The van der Waals surface area contributed by atoms with Crippen LogP contribution in [0.5, 0.6) is 0 Å². The number of hydrogen-bond acceptors (Lipinski definition) is 4. The molecule has 0 fully saturated rings. The van der Waals surface area contributed by atoms with Crippen molar-refractivity contribution in [1.82, 2.24) is 9.78 Å². The minimum absolute atomic E-state index is 0.0614. The van der Waals surface area contributed by atoms with Crippen molar-refractivity contribution in [1.29, 1.82) is 0 Å². The smallest absolute Gasteiger partial charge is 0.324 e. The molecule has 0 unspecified atom stereocenters. The van der Waals surface area contributed by atoms with Gasteiger partial charge in [0.05, 0.1) is 31.6 Å². The number of aromatic nitrogens is 2. The molecule has 0 aromatic carbocycles. The van der Waals surface area contributed by atoms with Gasteiger partial charge in [0.15, 0.2) is 0 Å². The summed E-state index contributed by atoms with van der Waals surface area (Å²) in [5.41, 5.74) is -0.656. The Hall–Kier alpha value is -1.16. The number of alkyl halides is 4. The first kappa shape index (κ1) is 16.9. The van der Waals surface area contributed by atoms with Crippen LogP contribution < -0.4 is 10.9 Å². The van der Waals surface area contributed by atoms with Crippen LogP contribution in [0.25, 0.3) is 0 Å². The molecular formula is C10H12BrF4N3O2. The Morgan fingerprint density at radius 2 is 2.20 bits per heavy atom. The minimum atomic E-state index is -4.19. The van der Waals surface area contributed by atoms with Gasteiger partial charge in [-0.2, -0.15) is 13.9 Å². The highest BCUT2D eigenvalue weighted by Crippen LogP contribution is 2.24. The van der Waals surface area contributed by atoms with Crippen molar-refractivity contribution in [3.05, 3.63) is 21.0 Å². The van der Waals surface area contributed by atoms with E-state index in [1.165, 1.54) is 7.11 Å². The molecule has 20 heavy (non-hydrogen) atoms. The Labute approximate surface area is 120 Å². The van der Waals surface area contributed by atoms with Crippen LogP contribution in [-0.2, 0) is 11.3 Å². The molecule has 0 aliphatic carbocycles. The highest BCUT2D eigenvalue weighted by atomic mass is 79.9. The van der Waals surface area contributed by atoms with Gasteiger partial charge in [0, 0.05) is 7.11 Å². The highest BCUT2D eigenvalue weighted by molar-refractivity contribution is 9.10. The van der Waals surface area contributed by atoms with Crippen molar-refractivity contribution in [2.75, 3.05) is 25.6 Å².